The zero-order valence-electron chi connectivity index (χ0n) is 16.3. The van der Waals surface area contributed by atoms with E-state index in [9.17, 15) is 18.0 Å². The molecular weight excluding hydrogens is 466 g/mol. The number of carbonyl (C=O) groups excluding carboxylic acids is 2. The molecule has 2 aliphatic rings. The predicted octanol–water partition coefficient (Wildman–Crippen LogP) is 2.18. The smallest absolute Gasteiger partial charge is 0.414 e. The van der Waals surface area contributed by atoms with Crippen molar-refractivity contribution in [2.75, 3.05) is 44.3 Å². The molecular formula is C19H20ClN3O6S2. The average molecular weight is 486 g/mol. The van der Waals surface area contributed by atoms with Gasteiger partial charge in [-0.15, -0.1) is 11.3 Å². The third kappa shape index (κ3) is 4.85. The summed E-state index contributed by atoms with van der Waals surface area (Å²) >= 11 is 7.00. The van der Waals surface area contributed by atoms with Gasteiger partial charge in [-0.05, 0) is 36.4 Å². The Morgan fingerprint density at radius 3 is 2.52 bits per heavy atom. The van der Waals surface area contributed by atoms with Crippen LogP contribution in [0.2, 0.25) is 4.34 Å². The first-order valence-electron chi connectivity index (χ1n) is 9.54. The van der Waals surface area contributed by atoms with Gasteiger partial charge in [-0.1, -0.05) is 11.6 Å². The van der Waals surface area contributed by atoms with Gasteiger partial charge in [0.2, 0.25) is 10.0 Å². The van der Waals surface area contributed by atoms with Crippen molar-refractivity contribution in [3.05, 3.63) is 45.6 Å². The highest BCUT2D eigenvalue weighted by molar-refractivity contribution is 7.89. The van der Waals surface area contributed by atoms with Crippen LogP contribution in [0.15, 0.2) is 41.3 Å². The largest absolute Gasteiger partial charge is 0.442 e. The standard InChI is InChI=1S/C19H20ClN3O6S2/c20-17-6-5-16(30-17)18(24)21-11-14-12-23(19(25)29-14)13-1-3-15(4-2-13)31(26,27)22-7-9-28-10-8-22/h1-6,14H,7-12H2,(H,21,24)/t14-/m0/s1. The molecule has 1 aromatic carbocycles. The molecule has 2 fully saturated rings. The lowest BCUT2D eigenvalue weighted by atomic mass is 10.2. The van der Waals surface area contributed by atoms with Crippen LogP contribution >= 0.6 is 22.9 Å². The molecule has 9 nitrogen and oxygen atoms in total. The molecule has 0 unspecified atom stereocenters. The number of anilines is 1. The first kappa shape index (κ1) is 22.0. The van der Waals surface area contributed by atoms with Gasteiger partial charge in [0.05, 0.1) is 40.4 Å². The number of amides is 2. The maximum absolute atomic E-state index is 12.7. The maximum atomic E-state index is 12.7. The van der Waals surface area contributed by atoms with Gasteiger partial charge < -0.3 is 14.8 Å². The van der Waals surface area contributed by atoms with Gasteiger partial charge in [-0.3, -0.25) is 9.69 Å². The van der Waals surface area contributed by atoms with Gasteiger partial charge in [-0.25, -0.2) is 13.2 Å². The second kappa shape index (κ2) is 9.13. The Kier molecular flexibility index (Phi) is 6.49. The molecule has 12 heteroatoms. The molecule has 0 spiro atoms. The Morgan fingerprint density at radius 2 is 1.87 bits per heavy atom. The Hall–Kier alpha value is -2.18. The fourth-order valence-electron chi connectivity index (χ4n) is 3.30. The van der Waals surface area contributed by atoms with Crippen LogP contribution in [-0.4, -0.2) is 70.2 Å². The fraction of sp³-hybridized carbons (Fsp3) is 0.368. The number of benzene rings is 1. The minimum absolute atomic E-state index is 0.153. The average Bonchev–Trinajstić information content (AvgIpc) is 3.38. The molecule has 2 aliphatic heterocycles. The number of rotatable bonds is 6. The second-order valence-corrected chi connectivity index (χ2v) is 10.6. The molecule has 1 atom stereocenters. The highest BCUT2D eigenvalue weighted by Crippen LogP contribution is 2.25. The van der Waals surface area contributed by atoms with Gasteiger partial charge in [0.15, 0.2) is 0 Å². The van der Waals surface area contributed by atoms with Gasteiger partial charge in [0, 0.05) is 18.8 Å². The molecule has 2 saturated heterocycles. The molecule has 2 amide bonds. The van der Waals surface area contributed by atoms with Gasteiger partial charge in [0.1, 0.15) is 6.10 Å². The van der Waals surface area contributed by atoms with E-state index in [-0.39, 0.29) is 23.9 Å². The van der Waals surface area contributed by atoms with E-state index >= 15 is 0 Å². The van der Waals surface area contributed by atoms with Crippen LogP contribution in [0.3, 0.4) is 0 Å². The van der Waals surface area contributed by atoms with Gasteiger partial charge in [-0.2, -0.15) is 4.31 Å². The van der Waals surface area contributed by atoms with Gasteiger partial charge >= 0.3 is 6.09 Å². The molecule has 166 valence electrons. The van der Waals surface area contributed by atoms with E-state index in [1.54, 1.807) is 24.3 Å². The number of thiophene rings is 1. The lowest BCUT2D eigenvalue weighted by Gasteiger charge is -2.26. The van der Waals surface area contributed by atoms with Crippen molar-refractivity contribution in [3.8, 4) is 0 Å². The van der Waals surface area contributed by atoms with Crippen LogP contribution in [0.5, 0.6) is 0 Å². The van der Waals surface area contributed by atoms with Gasteiger partial charge in [0.25, 0.3) is 5.91 Å². The van der Waals surface area contributed by atoms with Crippen LogP contribution in [0.4, 0.5) is 10.5 Å². The SMILES string of the molecule is O=C(NC[C@H]1CN(c2ccc(S(=O)(=O)N3CCOCC3)cc2)C(=O)O1)c1ccc(Cl)s1. The summed E-state index contributed by atoms with van der Waals surface area (Å²) in [7, 11) is -3.61. The molecule has 0 saturated carbocycles. The Morgan fingerprint density at radius 1 is 1.16 bits per heavy atom. The molecule has 4 rings (SSSR count). The van der Waals surface area contributed by atoms with Crippen LogP contribution in [0, 0.1) is 0 Å². The number of cyclic esters (lactones) is 1. The van der Waals surface area contributed by atoms with Crippen molar-refractivity contribution in [1.82, 2.24) is 9.62 Å². The van der Waals surface area contributed by atoms with E-state index in [0.29, 0.717) is 41.2 Å². The number of ether oxygens (including phenoxy) is 2. The Balaban J connectivity index is 1.37. The summed E-state index contributed by atoms with van der Waals surface area (Å²) in [5.74, 6) is -0.288. The normalized spacial score (nSPS) is 20.0. The van der Waals surface area contributed by atoms with E-state index < -0.39 is 22.2 Å². The zero-order valence-corrected chi connectivity index (χ0v) is 18.7. The summed E-state index contributed by atoms with van der Waals surface area (Å²) in [5, 5.41) is 2.73. The van der Waals surface area contributed by atoms with E-state index in [0.717, 1.165) is 0 Å². The van der Waals surface area contributed by atoms with E-state index in [2.05, 4.69) is 5.32 Å². The quantitative estimate of drug-likeness (QED) is 0.672. The Labute approximate surface area is 188 Å². The van der Waals surface area contributed by atoms with Crippen molar-refractivity contribution in [3.63, 3.8) is 0 Å². The third-order valence-corrected chi connectivity index (χ3v) is 8.06. The first-order chi connectivity index (χ1) is 14.8. The number of nitrogens with one attached hydrogen (secondary N) is 1. The molecule has 31 heavy (non-hydrogen) atoms. The van der Waals surface area contributed by atoms with Crippen LogP contribution in [0.25, 0.3) is 0 Å². The molecule has 0 radical (unpaired) electrons. The lowest BCUT2D eigenvalue weighted by Crippen LogP contribution is -2.40. The van der Waals surface area contributed by atoms with Crippen molar-refractivity contribution in [2.45, 2.75) is 11.0 Å². The Bertz CT molecular complexity index is 1070. The number of morpholine rings is 1. The number of hydrogen-bond donors (Lipinski definition) is 1. The molecule has 0 aliphatic carbocycles. The van der Waals surface area contributed by atoms with Crippen molar-refractivity contribution in [2.24, 2.45) is 0 Å². The molecule has 2 aromatic rings. The zero-order chi connectivity index (χ0) is 22.0. The summed E-state index contributed by atoms with van der Waals surface area (Å²) in [6.45, 7) is 1.75. The van der Waals surface area contributed by atoms with E-state index in [1.165, 1.54) is 32.7 Å². The molecule has 3 heterocycles. The molecule has 0 bridgehead atoms. The molecule has 1 aromatic heterocycles. The third-order valence-electron chi connectivity index (χ3n) is 4.92. The van der Waals surface area contributed by atoms with Crippen LogP contribution in [-0.2, 0) is 19.5 Å². The predicted molar refractivity (Wildman–Crippen MR) is 115 cm³/mol. The van der Waals surface area contributed by atoms with E-state index in [1.807, 2.05) is 0 Å². The van der Waals surface area contributed by atoms with Crippen LogP contribution in [0.1, 0.15) is 9.67 Å². The van der Waals surface area contributed by atoms with E-state index in [4.69, 9.17) is 21.1 Å². The first-order valence-corrected chi connectivity index (χ1v) is 12.2. The fourth-order valence-corrected chi connectivity index (χ4v) is 5.67. The number of sulfonamides is 1. The monoisotopic (exact) mass is 485 g/mol. The minimum atomic E-state index is -3.61. The number of halogens is 1. The summed E-state index contributed by atoms with van der Waals surface area (Å²) in [6.07, 6.45) is -1.08. The highest BCUT2D eigenvalue weighted by atomic mass is 35.5. The second-order valence-electron chi connectivity index (χ2n) is 6.94. The molecule has 1 N–H and O–H groups in total. The summed E-state index contributed by atoms with van der Waals surface area (Å²) in [5.41, 5.74) is 0.518. The summed E-state index contributed by atoms with van der Waals surface area (Å²) in [6, 6.07) is 9.36. The number of hydrogen-bond acceptors (Lipinski definition) is 7. The minimum Gasteiger partial charge on any atom is -0.442 e. The topological polar surface area (TPSA) is 105 Å². The number of nitrogens with zero attached hydrogens (tertiary/aromatic N) is 2. The van der Waals surface area contributed by atoms with Crippen LogP contribution < -0.4 is 10.2 Å². The maximum Gasteiger partial charge on any atom is 0.414 e. The highest BCUT2D eigenvalue weighted by Gasteiger charge is 2.33. The van der Waals surface area contributed by atoms with Crippen molar-refractivity contribution >= 4 is 50.6 Å². The number of carbonyl (C=O) groups is 2. The van der Waals surface area contributed by atoms with Crippen molar-refractivity contribution < 1.29 is 27.5 Å². The van der Waals surface area contributed by atoms with Crippen molar-refractivity contribution in [1.29, 1.82) is 0 Å². The summed E-state index contributed by atoms with van der Waals surface area (Å²) in [4.78, 5) is 26.4. The lowest BCUT2D eigenvalue weighted by molar-refractivity contribution is 0.0730. The summed E-state index contributed by atoms with van der Waals surface area (Å²) < 4.78 is 37.9.